The number of nitrogens with zero attached hydrogens (tertiary/aromatic N) is 4. The van der Waals surface area contributed by atoms with Crippen LogP contribution in [0.1, 0.15) is 19.9 Å². The van der Waals surface area contributed by atoms with Crippen LogP contribution in [0.5, 0.6) is 0 Å². The van der Waals surface area contributed by atoms with E-state index in [9.17, 15) is 0 Å². The standard InChI is InChI=1S/C52H38N4/c1-32(2)54-45-20-12-10-18-37(45)41-26-27-42-39-24-22-34(29-49(39)56(52(42)51(41)54)36-16-8-5-9-17-36)33-23-25-40-43-31-50-44(30-48(43)53(3)47(40)28-33)38-19-11-13-21-46(38)55(50)35-14-6-4-7-15-35/h4-32H,1-3H3. The highest BCUT2D eigenvalue weighted by Gasteiger charge is 2.22. The topological polar surface area (TPSA) is 19.7 Å². The zero-order valence-electron chi connectivity index (χ0n) is 31.5. The Morgan fingerprint density at radius 3 is 1.46 bits per heavy atom. The smallest absolute Gasteiger partial charge is 0.0785 e. The molecule has 0 fully saturated rings. The summed E-state index contributed by atoms with van der Waals surface area (Å²) in [6.07, 6.45) is 0. The van der Waals surface area contributed by atoms with Gasteiger partial charge in [0.25, 0.3) is 0 Å². The van der Waals surface area contributed by atoms with Gasteiger partial charge in [-0.1, -0.05) is 109 Å². The Hall–Kier alpha value is -7.04. The van der Waals surface area contributed by atoms with Crippen molar-refractivity contribution in [3.63, 3.8) is 0 Å². The van der Waals surface area contributed by atoms with Crippen molar-refractivity contribution in [1.82, 2.24) is 18.3 Å². The number of fused-ring (bicyclic) bond motifs is 13. The maximum Gasteiger partial charge on any atom is 0.0785 e. The summed E-state index contributed by atoms with van der Waals surface area (Å²) in [6, 6.07) is 63.1. The van der Waals surface area contributed by atoms with Crippen molar-refractivity contribution in [3.05, 3.63) is 170 Å². The van der Waals surface area contributed by atoms with Crippen LogP contribution in [-0.4, -0.2) is 18.3 Å². The highest BCUT2D eigenvalue weighted by Crippen LogP contribution is 2.43. The molecule has 4 aromatic heterocycles. The first-order chi connectivity index (χ1) is 27.5. The first kappa shape index (κ1) is 31.3. The van der Waals surface area contributed by atoms with Crippen LogP contribution in [0.4, 0.5) is 0 Å². The molecule has 0 bridgehead atoms. The molecule has 0 aliphatic carbocycles. The Balaban J connectivity index is 1.10. The Kier molecular flexibility index (Phi) is 6.42. The summed E-state index contributed by atoms with van der Waals surface area (Å²) in [5.41, 5.74) is 14.7. The van der Waals surface area contributed by atoms with Crippen LogP contribution in [0.15, 0.2) is 170 Å². The van der Waals surface area contributed by atoms with Gasteiger partial charge in [-0.15, -0.1) is 0 Å². The average molecular weight is 719 g/mol. The van der Waals surface area contributed by atoms with Crippen LogP contribution < -0.4 is 0 Å². The molecular formula is C52H38N4. The van der Waals surface area contributed by atoms with Gasteiger partial charge in [0.05, 0.1) is 27.6 Å². The molecule has 0 amide bonds. The van der Waals surface area contributed by atoms with E-state index in [1.54, 1.807) is 0 Å². The van der Waals surface area contributed by atoms with Crippen LogP contribution in [-0.2, 0) is 7.05 Å². The van der Waals surface area contributed by atoms with Gasteiger partial charge < -0.3 is 18.3 Å². The lowest BCUT2D eigenvalue weighted by Crippen LogP contribution is -2.02. The third-order valence-corrected chi connectivity index (χ3v) is 12.3. The summed E-state index contributed by atoms with van der Waals surface area (Å²) in [5.74, 6) is 0. The molecule has 56 heavy (non-hydrogen) atoms. The lowest BCUT2D eigenvalue weighted by atomic mass is 10.0. The molecule has 12 rings (SSSR count). The molecule has 0 atom stereocenters. The fourth-order valence-electron chi connectivity index (χ4n) is 9.84. The molecule has 4 nitrogen and oxygen atoms in total. The molecule has 0 saturated heterocycles. The number of rotatable bonds is 4. The van der Waals surface area contributed by atoms with Crippen LogP contribution >= 0.6 is 0 Å². The predicted molar refractivity (Wildman–Crippen MR) is 238 cm³/mol. The first-order valence-corrected chi connectivity index (χ1v) is 19.6. The summed E-state index contributed by atoms with van der Waals surface area (Å²) in [5, 5.41) is 10.2. The van der Waals surface area contributed by atoms with Gasteiger partial charge in [-0.3, -0.25) is 0 Å². The molecule has 0 radical (unpaired) electrons. The molecule has 266 valence electrons. The van der Waals surface area contributed by atoms with E-state index >= 15 is 0 Å². The quantitative estimate of drug-likeness (QED) is 0.173. The van der Waals surface area contributed by atoms with Gasteiger partial charge in [-0.2, -0.15) is 0 Å². The minimum atomic E-state index is 0.297. The van der Waals surface area contributed by atoms with E-state index in [-0.39, 0.29) is 0 Å². The van der Waals surface area contributed by atoms with E-state index in [0.717, 1.165) is 0 Å². The zero-order valence-corrected chi connectivity index (χ0v) is 31.5. The molecule has 8 aromatic carbocycles. The van der Waals surface area contributed by atoms with E-state index in [4.69, 9.17) is 0 Å². The number of benzene rings is 8. The van der Waals surface area contributed by atoms with Crippen molar-refractivity contribution < 1.29 is 0 Å². The Bertz CT molecular complexity index is 3550. The molecule has 12 aromatic rings. The second-order valence-corrected chi connectivity index (χ2v) is 15.6. The summed E-state index contributed by atoms with van der Waals surface area (Å²) in [4.78, 5) is 0. The van der Waals surface area contributed by atoms with Gasteiger partial charge in [0.1, 0.15) is 0 Å². The van der Waals surface area contributed by atoms with E-state index in [2.05, 4.69) is 209 Å². The van der Waals surface area contributed by atoms with Crippen molar-refractivity contribution in [2.45, 2.75) is 19.9 Å². The van der Waals surface area contributed by atoms with Gasteiger partial charge in [0.2, 0.25) is 0 Å². The van der Waals surface area contributed by atoms with Crippen molar-refractivity contribution in [2.24, 2.45) is 7.05 Å². The van der Waals surface area contributed by atoms with Gasteiger partial charge >= 0.3 is 0 Å². The lowest BCUT2D eigenvalue weighted by molar-refractivity contribution is 0.643. The number of aryl methyl sites for hydroxylation is 1. The molecule has 4 heterocycles. The monoisotopic (exact) mass is 718 g/mol. The molecule has 0 saturated carbocycles. The molecule has 0 aliphatic heterocycles. The minimum absolute atomic E-state index is 0.297. The summed E-state index contributed by atoms with van der Waals surface area (Å²) in [6.45, 7) is 4.60. The Morgan fingerprint density at radius 2 is 0.786 bits per heavy atom. The maximum absolute atomic E-state index is 2.54. The second kappa shape index (κ2) is 11.5. The maximum atomic E-state index is 2.54. The molecule has 0 spiro atoms. The fourth-order valence-corrected chi connectivity index (χ4v) is 9.84. The van der Waals surface area contributed by atoms with E-state index in [0.29, 0.717) is 6.04 Å². The predicted octanol–water partition coefficient (Wildman–Crippen LogP) is 13.9. The van der Waals surface area contributed by atoms with Crippen molar-refractivity contribution in [1.29, 1.82) is 0 Å². The zero-order chi connectivity index (χ0) is 37.2. The summed E-state index contributed by atoms with van der Waals surface area (Å²) >= 11 is 0. The summed E-state index contributed by atoms with van der Waals surface area (Å²) < 4.78 is 9.82. The van der Waals surface area contributed by atoms with Crippen LogP contribution in [0.2, 0.25) is 0 Å². The van der Waals surface area contributed by atoms with Crippen molar-refractivity contribution in [2.75, 3.05) is 0 Å². The van der Waals surface area contributed by atoms with Crippen molar-refractivity contribution >= 4 is 87.2 Å². The first-order valence-electron chi connectivity index (χ1n) is 19.6. The minimum Gasteiger partial charge on any atom is -0.344 e. The second-order valence-electron chi connectivity index (χ2n) is 15.6. The molecule has 0 N–H and O–H groups in total. The number of hydrogen-bond donors (Lipinski definition) is 0. The van der Waals surface area contributed by atoms with Crippen molar-refractivity contribution in [3.8, 4) is 22.5 Å². The van der Waals surface area contributed by atoms with E-state index in [1.165, 1.54) is 110 Å². The third kappa shape index (κ3) is 4.18. The molecule has 0 unspecified atom stereocenters. The highest BCUT2D eigenvalue weighted by molar-refractivity contribution is 6.24. The molecule has 0 aliphatic rings. The largest absolute Gasteiger partial charge is 0.344 e. The highest BCUT2D eigenvalue weighted by atomic mass is 15.1. The van der Waals surface area contributed by atoms with Crippen LogP contribution in [0.25, 0.3) is 110 Å². The third-order valence-electron chi connectivity index (χ3n) is 12.3. The Labute approximate surface area is 323 Å². The molecular weight excluding hydrogens is 681 g/mol. The van der Waals surface area contributed by atoms with Gasteiger partial charge in [-0.05, 0) is 85.6 Å². The Morgan fingerprint density at radius 1 is 0.339 bits per heavy atom. The van der Waals surface area contributed by atoms with Gasteiger partial charge in [-0.25, -0.2) is 0 Å². The fraction of sp³-hybridized carbons (Fsp3) is 0.0769. The van der Waals surface area contributed by atoms with Gasteiger partial charge in [0.15, 0.2) is 0 Å². The summed E-state index contributed by atoms with van der Waals surface area (Å²) in [7, 11) is 2.21. The number of para-hydroxylation sites is 4. The van der Waals surface area contributed by atoms with E-state index in [1.807, 2.05) is 0 Å². The van der Waals surface area contributed by atoms with Gasteiger partial charge in [0, 0.05) is 84.1 Å². The lowest BCUT2D eigenvalue weighted by Gasteiger charge is -2.15. The average Bonchev–Trinajstić information content (AvgIpc) is 3.95. The van der Waals surface area contributed by atoms with Crippen LogP contribution in [0.3, 0.4) is 0 Å². The van der Waals surface area contributed by atoms with E-state index < -0.39 is 0 Å². The normalized spacial score (nSPS) is 12.4. The van der Waals surface area contributed by atoms with Crippen LogP contribution in [0, 0.1) is 0 Å². The number of aromatic nitrogens is 4. The number of hydrogen-bond acceptors (Lipinski definition) is 0. The molecule has 4 heteroatoms. The SMILES string of the molecule is CC(C)n1c2ccccc2c2ccc3c4ccc(-c5ccc6c7cc8c(cc7n(C)c6c5)c5ccccc5n8-c5ccccc5)cc4n(-c4ccccc4)c3c21.